The third kappa shape index (κ3) is 5.79. The number of carbonyl (C=O) groups is 1. The highest BCUT2D eigenvalue weighted by atomic mass is 16.5. The SMILES string of the molecule is CCCC1CCC(C(=O)CC)=C(CCCOCc2ccccc2)N1. The highest BCUT2D eigenvalue weighted by molar-refractivity contribution is 5.95. The summed E-state index contributed by atoms with van der Waals surface area (Å²) in [6, 6.07) is 10.8. The smallest absolute Gasteiger partial charge is 0.160 e. The molecule has 0 saturated carbocycles. The maximum atomic E-state index is 12.2. The van der Waals surface area contributed by atoms with Gasteiger partial charge in [-0.3, -0.25) is 4.79 Å². The number of ketones is 1. The van der Waals surface area contributed by atoms with Crippen LogP contribution in [0, 0.1) is 0 Å². The molecule has 0 fully saturated rings. The van der Waals surface area contributed by atoms with E-state index >= 15 is 0 Å². The molecular weight excluding hydrogens is 298 g/mol. The minimum Gasteiger partial charge on any atom is -0.385 e. The Labute approximate surface area is 146 Å². The van der Waals surface area contributed by atoms with Crippen molar-refractivity contribution in [2.45, 2.75) is 71.4 Å². The monoisotopic (exact) mass is 329 g/mol. The van der Waals surface area contributed by atoms with Crippen LogP contribution >= 0.6 is 0 Å². The second-order valence-electron chi connectivity index (χ2n) is 6.54. The van der Waals surface area contributed by atoms with E-state index in [1.165, 1.54) is 24.1 Å². The molecule has 3 heteroatoms. The first kappa shape index (κ1) is 18.7. The lowest BCUT2D eigenvalue weighted by molar-refractivity contribution is -0.115. The fourth-order valence-corrected chi connectivity index (χ4v) is 3.30. The summed E-state index contributed by atoms with van der Waals surface area (Å²) in [5, 5.41) is 3.63. The molecule has 1 aromatic carbocycles. The van der Waals surface area contributed by atoms with Gasteiger partial charge in [-0.15, -0.1) is 0 Å². The van der Waals surface area contributed by atoms with Crippen molar-refractivity contribution in [1.82, 2.24) is 5.32 Å². The van der Waals surface area contributed by atoms with Gasteiger partial charge in [0.1, 0.15) is 0 Å². The molecule has 1 aliphatic heterocycles. The number of rotatable bonds is 10. The normalized spacial score (nSPS) is 17.7. The van der Waals surface area contributed by atoms with Crippen LogP contribution in [0.4, 0.5) is 0 Å². The Morgan fingerprint density at radius 1 is 1.25 bits per heavy atom. The van der Waals surface area contributed by atoms with Gasteiger partial charge in [-0.2, -0.15) is 0 Å². The van der Waals surface area contributed by atoms with Crippen molar-refractivity contribution in [3.8, 4) is 0 Å². The molecule has 1 N–H and O–H groups in total. The topological polar surface area (TPSA) is 38.3 Å². The fourth-order valence-electron chi connectivity index (χ4n) is 3.30. The molecule has 1 unspecified atom stereocenters. The molecule has 1 aliphatic rings. The maximum Gasteiger partial charge on any atom is 0.160 e. The summed E-state index contributed by atoms with van der Waals surface area (Å²) in [6.45, 7) is 5.56. The molecule has 0 aromatic heterocycles. The summed E-state index contributed by atoms with van der Waals surface area (Å²) in [7, 11) is 0. The van der Waals surface area contributed by atoms with E-state index in [2.05, 4.69) is 24.4 Å². The van der Waals surface area contributed by atoms with Gasteiger partial charge in [0.15, 0.2) is 5.78 Å². The lowest BCUT2D eigenvalue weighted by atomic mass is 9.91. The number of allylic oxidation sites excluding steroid dienone is 2. The van der Waals surface area contributed by atoms with Gasteiger partial charge in [0.2, 0.25) is 0 Å². The summed E-state index contributed by atoms with van der Waals surface area (Å²) >= 11 is 0. The van der Waals surface area contributed by atoms with Gasteiger partial charge in [-0.25, -0.2) is 0 Å². The Kier molecular flexibility index (Phi) is 8.03. The van der Waals surface area contributed by atoms with Crippen LogP contribution in [0.3, 0.4) is 0 Å². The molecule has 3 nitrogen and oxygen atoms in total. The van der Waals surface area contributed by atoms with E-state index in [0.717, 1.165) is 37.9 Å². The van der Waals surface area contributed by atoms with Crippen molar-refractivity contribution in [3.05, 3.63) is 47.2 Å². The van der Waals surface area contributed by atoms with Gasteiger partial charge >= 0.3 is 0 Å². The molecule has 1 heterocycles. The summed E-state index contributed by atoms with van der Waals surface area (Å²) < 4.78 is 5.77. The second-order valence-corrected chi connectivity index (χ2v) is 6.54. The Hall–Kier alpha value is -1.61. The lowest BCUT2D eigenvalue weighted by Crippen LogP contribution is -2.34. The van der Waals surface area contributed by atoms with Gasteiger partial charge in [0.25, 0.3) is 0 Å². The zero-order valence-electron chi connectivity index (χ0n) is 15.1. The molecule has 1 atom stereocenters. The van der Waals surface area contributed by atoms with E-state index in [0.29, 0.717) is 24.9 Å². The van der Waals surface area contributed by atoms with Crippen molar-refractivity contribution in [1.29, 1.82) is 0 Å². The maximum absolute atomic E-state index is 12.2. The fraction of sp³-hybridized carbons (Fsp3) is 0.571. The quantitative estimate of drug-likeness (QED) is 0.628. The average Bonchev–Trinajstić information content (AvgIpc) is 2.62. The molecule has 0 aliphatic carbocycles. The first-order chi connectivity index (χ1) is 11.7. The van der Waals surface area contributed by atoms with Crippen molar-refractivity contribution in [2.24, 2.45) is 0 Å². The molecule has 24 heavy (non-hydrogen) atoms. The van der Waals surface area contributed by atoms with Crippen LogP contribution in [0.1, 0.15) is 64.4 Å². The largest absolute Gasteiger partial charge is 0.385 e. The van der Waals surface area contributed by atoms with Crippen LogP contribution in [0.2, 0.25) is 0 Å². The average molecular weight is 329 g/mol. The predicted octanol–water partition coefficient (Wildman–Crippen LogP) is 4.77. The zero-order valence-corrected chi connectivity index (χ0v) is 15.1. The molecule has 1 aromatic rings. The van der Waals surface area contributed by atoms with E-state index < -0.39 is 0 Å². The second kappa shape index (κ2) is 10.3. The first-order valence-electron chi connectivity index (χ1n) is 9.38. The van der Waals surface area contributed by atoms with Crippen molar-refractivity contribution >= 4 is 5.78 Å². The molecule has 2 rings (SSSR count). The summed E-state index contributed by atoms with van der Waals surface area (Å²) in [5.74, 6) is 0.303. The van der Waals surface area contributed by atoms with Gasteiger partial charge < -0.3 is 10.1 Å². The highest BCUT2D eigenvalue weighted by Crippen LogP contribution is 2.25. The molecule has 0 saturated heterocycles. The third-order valence-electron chi connectivity index (χ3n) is 4.61. The van der Waals surface area contributed by atoms with Crippen LogP contribution < -0.4 is 5.32 Å². The van der Waals surface area contributed by atoms with Crippen LogP contribution in [0.25, 0.3) is 0 Å². The zero-order chi connectivity index (χ0) is 17.2. The number of hydrogen-bond donors (Lipinski definition) is 1. The van der Waals surface area contributed by atoms with Gasteiger partial charge in [-0.1, -0.05) is 50.6 Å². The van der Waals surface area contributed by atoms with Gasteiger partial charge in [0, 0.05) is 30.3 Å². The summed E-state index contributed by atoms with van der Waals surface area (Å²) in [6.07, 6.45) is 6.85. The van der Waals surface area contributed by atoms with Gasteiger partial charge in [-0.05, 0) is 37.7 Å². The van der Waals surface area contributed by atoms with E-state index in [4.69, 9.17) is 4.74 Å². The molecule has 132 valence electrons. The van der Waals surface area contributed by atoms with Crippen LogP contribution in [0.5, 0.6) is 0 Å². The Balaban J connectivity index is 1.82. The third-order valence-corrected chi connectivity index (χ3v) is 4.61. The van der Waals surface area contributed by atoms with Gasteiger partial charge in [0.05, 0.1) is 6.61 Å². The molecule has 0 spiro atoms. The van der Waals surface area contributed by atoms with E-state index in [1.54, 1.807) is 0 Å². The Bertz CT molecular complexity index is 536. The van der Waals surface area contributed by atoms with Crippen molar-refractivity contribution < 1.29 is 9.53 Å². The minimum atomic E-state index is 0.303. The van der Waals surface area contributed by atoms with E-state index in [1.807, 2.05) is 25.1 Å². The summed E-state index contributed by atoms with van der Waals surface area (Å²) in [4.78, 5) is 12.2. The Morgan fingerprint density at radius 2 is 2.04 bits per heavy atom. The molecule has 0 bridgehead atoms. The van der Waals surface area contributed by atoms with E-state index in [9.17, 15) is 4.79 Å². The van der Waals surface area contributed by atoms with E-state index in [-0.39, 0.29) is 0 Å². The number of ether oxygens (including phenoxy) is 1. The molecule has 0 radical (unpaired) electrons. The van der Waals surface area contributed by atoms with Crippen LogP contribution in [-0.4, -0.2) is 18.4 Å². The minimum absolute atomic E-state index is 0.303. The number of benzene rings is 1. The number of hydrogen-bond acceptors (Lipinski definition) is 3. The highest BCUT2D eigenvalue weighted by Gasteiger charge is 2.22. The van der Waals surface area contributed by atoms with Crippen LogP contribution in [-0.2, 0) is 16.1 Å². The lowest BCUT2D eigenvalue weighted by Gasteiger charge is -2.29. The van der Waals surface area contributed by atoms with Crippen LogP contribution in [0.15, 0.2) is 41.6 Å². The summed E-state index contributed by atoms with van der Waals surface area (Å²) in [5.41, 5.74) is 3.42. The number of carbonyl (C=O) groups excluding carboxylic acids is 1. The van der Waals surface area contributed by atoms with Crippen molar-refractivity contribution in [3.63, 3.8) is 0 Å². The number of nitrogens with one attached hydrogen (secondary N) is 1. The number of Topliss-reactive ketones (excluding diaryl/α,β-unsaturated/α-hetero) is 1. The molecule has 0 amide bonds. The standard InChI is InChI=1S/C21H31NO2/c1-3-9-18-13-14-19(21(23)4-2)20(22-18)12-8-15-24-16-17-10-6-5-7-11-17/h5-7,10-11,18,22H,3-4,8-9,12-16H2,1-2H3. The Morgan fingerprint density at radius 3 is 2.75 bits per heavy atom. The molecular formula is C21H31NO2. The predicted molar refractivity (Wildman–Crippen MR) is 98.7 cm³/mol. The van der Waals surface area contributed by atoms with Crippen molar-refractivity contribution in [2.75, 3.05) is 6.61 Å². The first-order valence-corrected chi connectivity index (χ1v) is 9.38.